The second-order valence-electron chi connectivity index (χ2n) is 13.2. The first-order valence-electron chi connectivity index (χ1n) is 17.5. The minimum absolute atomic E-state index is 0.0235. The molecule has 6 heterocycles. The zero-order chi connectivity index (χ0) is 37.5. The van der Waals surface area contributed by atoms with E-state index in [2.05, 4.69) is 25.9 Å². The van der Waals surface area contributed by atoms with Gasteiger partial charge in [-0.25, -0.2) is 15.0 Å². The summed E-state index contributed by atoms with van der Waals surface area (Å²) in [5.41, 5.74) is 9.35. The van der Waals surface area contributed by atoms with Crippen LogP contribution in [0, 0.1) is 0 Å². The van der Waals surface area contributed by atoms with Crippen molar-refractivity contribution in [3.8, 4) is 11.3 Å². The van der Waals surface area contributed by atoms with Gasteiger partial charge in [0, 0.05) is 61.3 Å². The Kier molecular flexibility index (Phi) is 8.77. The Morgan fingerprint density at radius 1 is 0.907 bits per heavy atom. The van der Waals surface area contributed by atoms with Crippen LogP contribution in [0.4, 0.5) is 17.3 Å². The highest BCUT2D eigenvalue weighted by atomic mass is 16.2. The van der Waals surface area contributed by atoms with E-state index in [1.54, 1.807) is 78.1 Å². The number of amides is 6. The molecular weight excluding hydrogens is 692 g/mol. The van der Waals surface area contributed by atoms with E-state index in [9.17, 15) is 28.8 Å². The molecule has 5 N–H and O–H groups in total. The molecule has 272 valence electrons. The third-order valence-corrected chi connectivity index (χ3v) is 9.93. The van der Waals surface area contributed by atoms with Gasteiger partial charge in [0.1, 0.15) is 34.7 Å². The van der Waals surface area contributed by atoms with Gasteiger partial charge in [0.2, 0.25) is 17.7 Å². The summed E-state index contributed by atoms with van der Waals surface area (Å²) in [6.07, 6.45) is 6.54. The molecule has 2 atom stereocenters. The van der Waals surface area contributed by atoms with Crippen molar-refractivity contribution < 1.29 is 28.8 Å². The lowest BCUT2D eigenvalue weighted by atomic mass is 10.0. The second kappa shape index (κ2) is 13.9. The van der Waals surface area contributed by atoms with Crippen LogP contribution >= 0.6 is 0 Å². The summed E-state index contributed by atoms with van der Waals surface area (Å²) >= 11 is 0. The first-order chi connectivity index (χ1) is 26.2. The molecule has 3 aromatic heterocycles. The molecule has 6 amide bonds. The van der Waals surface area contributed by atoms with Crippen LogP contribution in [0.2, 0.25) is 0 Å². The molecule has 3 aliphatic heterocycles. The summed E-state index contributed by atoms with van der Waals surface area (Å²) in [5.74, 6) is -1.47. The topological polar surface area (TPSA) is 214 Å². The molecule has 5 aromatic rings. The van der Waals surface area contributed by atoms with Gasteiger partial charge >= 0.3 is 0 Å². The Balaban J connectivity index is 0.979. The minimum Gasteiger partial charge on any atom is -0.384 e. The van der Waals surface area contributed by atoms with Crippen molar-refractivity contribution in [2.45, 2.75) is 44.2 Å². The zero-order valence-electron chi connectivity index (χ0n) is 28.8. The highest BCUT2D eigenvalue weighted by molar-refractivity contribution is 6.25. The number of fused-ring (bicyclic) bond motifs is 2. The van der Waals surface area contributed by atoms with Crippen molar-refractivity contribution in [3.63, 3.8) is 0 Å². The number of pyridine rings is 1. The summed E-state index contributed by atoms with van der Waals surface area (Å²) in [4.78, 5) is 93.7. The summed E-state index contributed by atoms with van der Waals surface area (Å²) in [6, 6.07) is 15.6. The molecule has 2 fully saturated rings. The Hall–Kier alpha value is -6.97. The van der Waals surface area contributed by atoms with E-state index in [4.69, 9.17) is 10.7 Å². The number of nitrogen functional groups attached to an aromatic ring is 1. The number of hydrogen-bond donors (Lipinski definition) is 4. The normalized spacial score (nSPS) is 18.2. The molecule has 0 saturated carbocycles. The molecule has 0 aliphatic carbocycles. The quantitative estimate of drug-likeness (QED) is 0.162. The molecule has 16 nitrogen and oxygen atoms in total. The number of benzene rings is 2. The van der Waals surface area contributed by atoms with Crippen molar-refractivity contribution in [1.29, 1.82) is 0 Å². The van der Waals surface area contributed by atoms with E-state index >= 15 is 0 Å². The fraction of sp³-hybridized carbons (Fsp3) is 0.237. The monoisotopic (exact) mass is 726 g/mol. The highest BCUT2D eigenvalue weighted by Gasteiger charge is 2.45. The number of nitrogens with one attached hydrogen (secondary N) is 3. The summed E-state index contributed by atoms with van der Waals surface area (Å²) in [7, 11) is 0. The van der Waals surface area contributed by atoms with Gasteiger partial charge in [0.25, 0.3) is 17.7 Å². The molecule has 16 heteroatoms. The maximum atomic E-state index is 13.8. The fourth-order valence-corrected chi connectivity index (χ4v) is 7.37. The van der Waals surface area contributed by atoms with Crippen molar-refractivity contribution in [2.75, 3.05) is 29.5 Å². The molecule has 0 radical (unpaired) electrons. The van der Waals surface area contributed by atoms with Crippen molar-refractivity contribution in [2.24, 2.45) is 0 Å². The third-order valence-electron chi connectivity index (χ3n) is 9.93. The van der Waals surface area contributed by atoms with Gasteiger partial charge in [-0.05, 0) is 55.7 Å². The number of piperidine rings is 1. The van der Waals surface area contributed by atoms with Gasteiger partial charge in [0.05, 0.1) is 17.2 Å². The number of imide groups is 2. The van der Waals surface area contributed by atoms with Gasteiger partial charge in [-0.1, -0.05) is 24.3 Å². The van der Waals surface area contributed by atoms with Gasteiger partial charge in [-0.15, -0.1) is 0 Å². The van der Waals surface area contributed by atoms with E-state index in [0.717, 1.165) is 11.3 Å². The van der Waals surface area contributed by atoms with Crippen LogP contribution in [0.15, 0.2) is 79.3 Å². The van der Waals surface area contributed by atoms with E-state index in [-0.39, 0.29) is 60.6 Å². The number of likely N-dealkylation sites (tertiary alicyclic amines) is 1. The number of carbonyl (C=O) groups is 6. The fourth-order valence-electron chi connectivity index (χ4n) is 7.37. The molecule has 54 heavy (non-hydrogen) atoms. The molecule has 0 spiro atoms. The SMILES string of the molecule is Nc1nccn2c([C@@H]3CCCN3C(=O)CCNc3cccc4c3C(=O)N(C3CCC(=O)NC3=O)C4=O)nc(-c3ccc(C(=O)Nc4ccccn4)cc3)c12. The number of nitrogens with two attached hydrogens (primary N) is 1. The standard InChI is InChI=1S/C38H34N10O6/c39-33-32-31(21-9-11-22(12-10-21)35(51)43-27-8-1-2-16-41-27)45-34(47(32)20-18-42-33)25-7-4-19-46(25)29(50)15-17-40-24-6-3-5-23-30(24)38(54)48(37(23)53)26-13-14-28(49)44-36(26)52/h1-3,5-6,8-12,16,18,20,25-26,40H,4,7,13-15,17,19H2,(H2,39,42)(H,41,43,51)(H,44,49,52)/t25-,26?/m0/s1. The molecule has 8 rings (SSSR count). The van der Waals surface area contributed by atoms with Crippen molar-refractivity contribution >= 4 is 58.3 Å². The summed E-state index contributed by atoms with van der Waals surface area (Å²) in [6.45, 7) is 0.687. The summed E-state index contributed by atoms with van der Waals surface area (Å²) in [5, 5.41) is 8.13. The number of aromatic nitrogens is 4. The lowest BCUT2D eigenvalue weighted by Crippen LogP contribution is -2.54. The van der Waals surface area contributed by atoms with Gasteiger partial charge in [-0.2, -0.15) is 0 Å². The number of nitrogens with zero attached hydrogens (tertiary/aromatic N) is 6. The van der Waals surface area contributed by atoms with Crippen LogP contribution in [-0.4, -0.2) is 83.7 Å². The largest absolute Gasteiger partial charge is 0.384 e. The van der Waals surface area contributed by atoms with Gasteiger partial charge < -0.3 is 21.3 Å². The molecule has 3 aliphatic rings. The average molecular weight is 727 g/mol. The number of imidazole rings is 1. The number of rotatable bonds is 9. The lowest BCUT2D eigenvalue weighted by molar-refractivity contribution is -0.136. The van der Waals surface area contributed by atoms with Crippen LogP contribution < -0.4 is 21.7 Å². The van der Waals surface area contributed by atoms with E-state index in [1.807, 2.05) is 4.40 Å². The summed E-state index contributed by atoms with van der Waals surface area (Å²) < 4.78 is 1.86. The first-order valence-corrected chi connectivity index (χ1v) is 17.5. The van der Waals surface area contributed by atoms with E-state index in [0.29, 0.717) is 52.6 Å². The Labute approximate surface area is 307 Å². The molecule has 2 saturated heterocycles. The zero-order valence-corrected chi connectivity index (χ0v) is 28.8. The van der Waals surface area contributed by atoms with E-state index < -0.39 is 29.7 Å². The number of anilines is 3. The van der Waals surface area contributed by atoms with Gasteiger partial charge in [0.15, 0.2) is 0 Å². The minimum atomic E-state index is -1.08. The van der Waals surface area contributed by atoms with Crippen molar-refractivity contribution in [1.82, 2.24) is 34.5 Å². The van der Waals surface area contributed by atoms with Gasteiger partial charge in [-0.3, -0.25) is 43.4 Å². The maximum absolute atomic E-state index is 13.8. The molecule has 1 unspecified atom stereocenters. The Bertz CT molecular complexity index is 2360. The number of hydrogen-bond acceptors (Lipinski definition) is 11. The predicted octanol–water partition coefficient (Wildman–Crippen LogP) is 3.19. The lowest BCUT2D eigenvalue weighted by Gasteiger charge is -2.27. The second-order valence-corrected chi connectivity index (χ2v) is 13.2. The van der Waals surface area contributed by atoms with Crippen LogP contribution in [0.5, 0.6) is 0 Å². The smallest absolute Gasteiger partial charge is 0.264 e. The highest BCUT2D eigenvalue weighted by Crippen LogP contribution is 2.37. The maximum Gasteiger partial charge on any atom is 0.264 e. The average Bonchev–Trinajstić information content (AvgIpc) is 3.88. The predicted molar refractivity (Wildman–Crippen MR) is 195 cm³/mol. The van der Waals surface area contributed by atoms with E-state index in [1.165, 1.54) is 6.07 Å². The first kappa shape index (κ1) is 34.1. The van der Waals surface area contributed by atoms with Crippen molar-refractivity contribution in [3.05, 3.63) is 102 Å². The molecule has 0 bridgehead atoms. The molecule has 2 aromatic carbocycles. The van der Waals surface area contributed by atoms with Crippen LogP contribution in [0.25, 0.3) is 16.8 Å². The van der Waals surface area contributed by atoms with Crippen LogP contribution in [0.3, 0.4) is 0 Å². The van der Waals surface area contributed by atoms with Crippen LogP contribution in [-0.2, 0) is 14.4 Å². The molecular formula is C38H34N10O6. The third kappa shape index (κ3) is 6.06. The van der Waals surface area contributed by atoms with Crippen LogP contribution in [0.1, 0.15) is 75.0 Å². The Morgan fingerprint density at radius 3 is 2.52 bits per heavy atom. The Morgan fingerprint density at radius 2 is 1.74 bits per heavy atom. The number of carbonyl (C=O) groups excluding carboxylic acids is 6.